The molecule has 14 nitrogen and oxygen atoms in total. The molecule has 0 N–H and O–H groups in total. The number of fused-ring (bicyclic) bond motifs is 4. The smallest absolute Gasteiger partial charge is 0.399 e. The quantitative estimate of drug-likeness (QED) is 0.0474. The van der Waals surface area contributed by atoms with Crippen molar-refractivity contribution in [3.05, 3.63) is 375 Å². The van der Waals surface area contributed by atoms with Crippen molar-refractivity contribution in [3.63, 3.8) is 0 Å². The van der Waals surface area contributed by atoms with Crippen LogP contribution in [0.1, 0.15) is 59.1 Å². The van der Waals surface area contributed by atoms with Crippen molar-refractivity contribution < 1.29 is 70.9 Å². The van der Waals surface area contributed by atoms with Crippen molar-refractivity contribution >= 4 is 65.8 Å². The molecule has 18 aromatic rings. The van der Waals surface area contributed by atoms with E-state index in [2.05, 4.69) is 186 Å². The molecule has 0 spiro atoms. The Morgan fingerprint density at radius 2 is 0.650 bits per heavy atom. The minimum atomic E-state index is -7.43. The van der Waals surface area contributed by atoms with Crippen molar-refractivity contribution in [2.45, 2.75) is 82.4 Å². The largest absolute Gasteiger partial charge is 0.495 e. The van der Waals surface area contributed by atoms with Gasteiger partial charge in [0.05, 0.1) is 34.5 Å². The maximum absolute atomic E-state index is 14.4. The lowest BCUT2D eigenvalue weighted by Gasteiger charge is -2.32. The van der Waals surface area contributed by atoms with Crippen molar-refractivity contribution in [2.75, 3.05) is 13.2 Å². The first-order valence-corrected chi connectivity index (χ1v) is 44.5. The van der Waals surface area contributed by atoms with E-state index in [0.717, 1.165) is 135 Å². The van der Waals surface area contributed by atoms with Gasteiger partial charge in [0.15, 0.2) is 40.7 Å². The van der Waals surface area contributed by atoms with E-state index in [1.165, 1.54) is 37.1 Å². The van der Waals surface area contributed by atoms with Crippen molar-refractivity contribution in [1.82, 2.24) is 29.9 Å². The summed E-state index contributed by atoms with van der Waals surface area (Å²) in [5, 5.41) is 18.8. The van der Waals surface area contributed by atoms with Gasteiger partial charge in [0.25, 0.3) is 0 Å². The summed E-state index contributed by atoms with van der Waals surface area (Å²) in [7, 11) is -7.61. The number of halogens is 10. The average molecular weight is 1860 g/mol. The number of aromatic nitrogens is 6. The normalized spacial score (nSPS) is 13.4. The Bertz CT molecular complexity index is 7510. The van der Waals surface area contributed by atoms with E-state index in [1.54, 1.807) is 24.3 Å². The summed E-state index contributed by atoms with van der Waals surface area (Å²) in [6.07, 6.45) is -4.66. The van der Waals surface area contributed by atoms with Crippen molar-refractivity contribution in [2.24, 2.45) is 0 Å². The fraction of sp³-hybridized carbons (Fsp3) is 0.135. The van der Waals surface area contributed by atoms with Gasteiger partial charge in [-0.25, -0.2) is 29.9 Å². The van der Waals surface area contributed by atoms with Crippen LogP contribution in [-0.2, 0) is 24.2 Å². The second-order valence-electron chi connectivity index (χ2n) is 33.0. The third-order valence-corrected chi connectivity index (χ3v) is 25.1. The van der Waals surface area contributed by atoms with Gasteiger partial charge in [-0.1, -0.05) is 335 Å². The number of rotatable bonds is 17. The highest BCUT2D eigenvalue weighted by atomic mass is 32.2. The van der Waals surface area contributed by atoms with Crippen LogP contribution in [0.4, 0.5) is 44.2 Å². The van der Waals surface area contributed by atoms with Gasteiger partial charge in [-0.3, -0.25) is 4.70 Å². The first-order valence-electron chi connectivity index (χ1n) is 43.1. The molecule has 16 aromatic carbocycles. The Morgan fingerprint density at radius 3 is 1.04 bits per heavy atom. The van der Waals surface area contributed by atoms with Crippen LogP contribution in [0.3, 0.4) is 0 Å². The third-order valence-electron chi connectivity index (χ3n) is 23.8. The zero-order valence-corrected chi connectivity index (χ0v) is 74.1. The SMILES string of the molecule is C.C1CCOC1.CC1(C)OB(c2ccc3ccccc3c2-c2cccc(C#N)c2)OC1(C)C.F.N#Cc1cccc(-c2c(-c3ccc(-c4ccc(-c5nc(-c6ccccc6)nc(-c6ccccc6)n5)cc4)c4ccccc34)ccc3ccccc23)c1.O=S(=O)(Oc1ccc(-c2ccc(-c3nc(-c4ccccc4)nc(-c4ccccc4)n3)cc2)c2ccccc12)C(F)(F)C(F)(F)C(F)(F)C(F)(F)F. The summed E-state index contributed by atoms with van der Waals surface area (Å²) >= 11 is 0. The third kappa shape index (κ3) is 19.7. The minimum Gasteiger partial charge on any atom is -0.399 e. The number of ether oxygens (including phenoxy) is 1. The zero-order valence-electron chi connectivity index (χ0n) is 73.3. The van der Waals surface area contributed by atoms with Gasteiger partial charge in [0, 0.05) is 52.0 Å². The fourth-order valence-electron chi connectivity index (χ4n) is 16.1. The van der Waals surface area contributed by atoms with Crippen LogP contribution in [0.15, 0.2) is 364 Å². The first kappa shape index (κ1) is 96.1. The number of alkyl halides is 9. The summed E-state index contributed by atoms with van der Waals surface area (Å²) in [4.78, 5) is 28.6. The molecule has 684 valence electrons. The molecule has 0 unspecified atom stereocenters. The molecule has 2 saturated heterocycles. The Kier molecular flexibility index (Phi) is 28.1. The molecule has 2 aliphatic rings. The standard InChI is InChI=1S/C48H30N4.C35H20F9N3O3S.C23H22BNO2.C4H8O.CH4.FH/c49-31-32-12-11-18-38(30-32)45-40-19-8-7-13-33(40)26-27-44(45)43-29-28-39(41-20-9-10-21-42(41)43)34-22-24-37(25-23-34)48-51-46(35-14-3-1-4-15-35)50-47(52-48)36-16-5-2-6-17-36;36-32(37,34(40,41)42)33(38,39)35(43,44)51(48,49)50-28-20-19-25(26-13-7-8-14-27(26)28)21-15-17-24(18-16-21)31-46-29(22-9-3-1-4-10-22)45-30(47-31)23-11-5-2-6-12-23;1-22(2)23(3,4)27-24(26-22)20-13-12-17-9-5-6-11-19(17)21(20)18-10-7-8-16(14-18)15-25;1-2-4-5-3-1;;/h1-30H;1-20H;5-14H,1-4H3;1-4H2;1H4;1H. The van der Waals surface area contributed by atoms with Crippen LogP contribution in [0, 0.1) is 22.7 Å². The van der Waals surface area contributed by atoms with E-state index in [1.807, 2.05) is 176 Å². The van der Waals surface area contributed by atoms with Crippen LogP contribution in [0.25, 0.3) is 167 Å². The highest BCUT2D eigenvalue weighted by molar-refractivity contribution is 7.88. The topological polar surface area (TPSA) is 196 Å². The lowest BCUT2D eigenvalue weighted by molar-refractivity contribution is -0.382. The van der Waals surface area contributed by atoms with Gasteiger partial charge in [-0.2, -0.15) is 58.5 Å². The Balaban J connectivity index is 0.000000157. The van der Waals surface area contributed by atoms with Gasteiger partial charge in [0.2, 0.25) is 0 Å². The number of nitriles is 2. The summed E-state index contributed by atoms with van der Waals surface area (Å²) in [5.41, 5.74) is 15.9. The van der Waals surface area contributed by atoms with Gasteiger partial charge < -0.3 is 18.2 Å². The first-order chi connectivity index (χ1) is 65.0. The molecule has 20 rings (SSSR count). The summed E-state index contributed by atoms with van der Waals surface area (Å²) in [5.74, 6) is -12.8. The van der Waals surface area contributed by atoms with Crippen LogP contribution in [0.5, 0.6) is 5.75 Å². The summed E-state index contributed by atoms with van der Waals surface area (Å²) in [6.45, 7) is 10.2. The van der Waals surface area contributed by atoms with Gasteiger partial charge >= 0.3 is 40.5 Å². The van der Waals surface area contributed by atoms with E-state index in [4.69, 9.17) is 29.0 Å². The molecular weight excluding hydrogens is 1770 g/mol. The van der Waals surface area contributed by atoms with Crippen LogP contribution in [0.2, 0.25) is 0 Å². The van der Waals surface area contributed by atoms with E-state index in [9.17, 15) is 58.5 Å². The molecule has 0 aliphatic carbocycles. The second-order valence-corrected chi connectivity index (χ2v) is 34.6. The molecule has 0 atom stereocenters. The Labute approximate surface area is 785 Å². The minimum absolute atomic E-state index is 0. The summed E-state index contributed by atoms with van der Waals surface area (Å²) < 4.78 is 168. The van der Waals surface area contributed by atoms with E-state index >= 15 is 0 Å². The Morgan fingerprint density at radius 1 is 0.336 bits per heavy atom. The molecule has 4 heterocycles. The molecule has 2 aromatic heterocycles. The maximum atomic E-state index is 14.4. The van der Waals surface area contributed by atoms with Crippen LogP contribution < -0.4 is 9.65 Å². The lowest BCUT2D eigenvalue weighted by atomic mass is 9.73. The highest BCUT2D eigenvalue weighted by Crippen LogP contribution is 2.56. The van der Waals surface area contributed by atoms with Crippen molar-refractivity contribution in [3.8, 4) is 142 Å². The molecule has 2 fully saturated rings. The predicted octanol–water partition coefficient (Wildman–Crippen LogP) is 28.1. The molecule has 2 aliphatic heterocycles. The average Bonchev–Trinajstić information content (AvgIpc) is 1.31. The predicted molar refractivity (Wildman–Crippen MR) is 521 cm³/mol. The molecule has 0 bridgehead atoms. The number of benzene rings is 16. The highest BCUT2D eigenvalue weighted by Gasteiger charge is 2.86. The molecule has 0 amide bonds. The molecule has 0 saturated carbocycles. The van der Waals surface area contributed by atoms with Gasteiger partial charge in [-0.05, 0) is 176 Å². The molecule has 137 heavy (non-hydrogen) atoms. The number of hydrogen-bond acceptors (Lipinski definition) is 14. The van der Waals surface area contributed by atoms with E-state index < -0.39 is 57.5 Å². The van der Waals surface area contributed by atoms with Crippen LogP contribution in [-0.4, -0.2) is 93.1 Å². The number of hydrogen-bond donors (Lipinski definition) is 0. The maximum Gasteiger partial charge on any atom is 0.495 e. The van der Waals surface area contributed by atoms with Gasteiger partial charge in [0.1, 0.15) is 0 Å². The fourth-order valence-corrected chi connectivity index (χ4v) is 17.1. The van der Waals surface area contributed by atoms with E-state index in [-0.39, 0.29) is 22.9 Å². The number of nitrogens with zero attached hydrogens (tertiary/aromatic N) is 8. The molecule has 0 radical (unpaired) electrons. The molecular formula is C111H85BF10N8O6S. The zero-order chi connectivity index (χ0) is 94.4. The van der Waals surface area contributed by atoms with Crippen molar-refractivity contribution in [1.29, 1.82) is 10.5 Å². The van der Waals surface area contributed by atoms with E-state index in [0.29, 0.717) is 62.8 Å². The Hall–Kier alpha value is -15.4. The lowest BCUT2D eigenvalue weighted by Crippen LogP contribution is -2.63. The summed E-state index contributed by atoms with van der Waals surface area (Å²) in [6, 6.07) is 119. The second kappa shape index (κ2) is 40.0. The van der Waals surface area contributed by atoms with Crippen LogP contribution >= 0.6 is 0 Å². The molecule has 26 heteroatoms. The van der Waals surface area contributed by atoms with Gasteiger partial charge in [-0.15, -0.1) is 0 Å². The monoisotopic (exact) mass is 1860 g/mol.